The molecule has 0 radical (unpaired) electrons. The molecular formula is C16H16F2O. The van der Waals surface area contributed by atoms with Gasteiger partial charge in [0.1, 0.15) is 0 Å². The molecule has 0 heterocycles. The first-order chi connectivity index (χ1) is 8.95. The molecule has 19 heavy (non-hydrogen) atoms. The molecule has 0 aliphatic heterocycles. The van der Waals surface area contributed by atoms with Crippen molar-refractivity contribution in [2.45, 2.75) is 19.3 Å². The Labute approximate surface area is 111 Å². The SMILES string of the molecule is CC(C)(CO)c1cc(F)c(F)c(-c2ccccc2)c1. The highest BCUT2D eigenvalue weighted by molar-refractivity contribution is 5.65. The summed E-state index contributed by atoms with van der Waals surface area (Å²) in [5.74, 6) is -1.75. The predicted octanol–water partition coefficient (Wildman–Crippen LogP) is 3.90. The Balaban J connectivity index is 2.62. The third-order valence-corrected chi connectivity index (χ3v) is 3.29. The summed E-state index contributed by atoms with van der Waals surface area (Å²) in [6, 6.07) is 11.6. The average molecular weight is 262 g/mol. The van der Waals surface area contributed by atoms with Gasteiger partial charge in [-0.3, -0.25) is 0 Å². The number of benzene rings is 2. The third kappa shape index (κ3) is 2.66. The van der Waals surface area contributed by atoms with Gasteiger partial charge in [-0.2, -0.15) is 0 Å². The molecule has 2 aromatic rings. The fourth-order valence-electron chi connectivity index (χ4n) is 1.90. The molecule has 0 aromatic heterocycles. The van der Waals surface area contributed by atoms with Crippen LogP contribution < -0.4 is 0 Å². The topological polar surface area (TPSA) is 20.2 Å². The van der Waals surface area contributed by atoms with Crippen LogP contribution in [-0.4, -0.2) is 11.7 Å². The predicted molar refractivity (Wildman–Crippen MR) is 71.9 cm³/mol. The lowest BCUT2D eigenvalue weighted by molar-refractivity contribution is 0.218. The van der Waals surface area contributed by atoms with Gasteiger partial charge in [-0.1, -0.05) is 44.2 Å². The molecule has 0 saturated carbocycles. The van der Waals surface area contributed by atoms with Gasteiger partial charge < -0.3 is 5.11 Å². The highest BCUT2D eigenvalue weighted by Gasteiger charge is 2.23. The molecule has 1 nitrogen and oxygen atoms in total. The number of aliphatic hydroxyl groups excluding tert-OH is 1. The number of aliphatic hydroxyl groups is 1. The van der Waals surface area contributed by atoms with E-state index in [1.165, 1.54) is 0 Å². The maximum Gasteiger partial charge on any atom is 0.166 e. The molecule has 0 aliphatic rings. The van der Waals surface area contributed by atoms with E-state index in [1.807, 2.05) is 6.07 Å². The van der Waals surface area contributed by atoms with Gasteiger partial charge in [0.25, 0.3) is 0 Å². The molecule has 0 unspecified atom stereocenters. The zero-order valence-electron chi connectivity index (χ0n) is 11.0. The molecule has 0 fully saturated rings. The summed E-state index contributed by atoms with van der Waals surface area (Å²) in [6.45, 7) is 3.44. The van der Waals surface area contributed by atoms with Crippen molar-refractivity contribution in [3.63, 3.8) is 0 Å². The number of hydrogen-bond donors (Lipinski definition) is 1. The summed E-state index contributed by atoms with van der Waals surface area (Å²) in [5, 5.41) is 9.35. The van der Waals surface area contributed by atoms with Gasteiger partial charge in [0.2, 0.25) is 0 Å². The molecule has 0 amide bonds. The second-order valence-electron chi connectivity index (χ2n) is 5.23. The molecular weight excluding hydrogens is 246 g/mol. The standard InChI is InChI=1S/C16H16F2O/c1-16(2,10-19)12-8-13(15(18)14(17)9-12)11-6-4-3-5-7-11/h3-9,19H,10H2,1-2H3. The van der Waals surface area contributed by atoms with Gasteiger partial charge in [0.05, 0.1) is 6.61 Å². The maximum absolute atomic E-state index is 13.9. The van der Waals surface area contributed by atoms with Crippen molar-refractivity contribution in [1.82, 2.24) is 0 Å². The quantitative estimate of drug-likeness (QED) is 0.889. The summed E-state index contributed by atoms with van der Waals surface area (Å²) in [6.07, 6.45) is 0. The zero-order chi connectivity index (χ0) is 14.0. The Bertz CT molecular complexity index is 577. The molecule has 3 heteroatoms. The zero-order valence-corrected chi connectivity index (χ0v) is 11.0. The first-order valence-electron chi connectivity index (χ1n) is 6.11. The van der Waals surface area contributed by atoms with Crippen molar-refractivity contribution in [3.8, 4) is 11.1 Å². The highest BCUT2D eigenvalue weighted by atomic mass is 19.2. The minimum Gasteiger partial charge on any atom is -0.395 e. The smallest absolute Gasteiger partial charge is 0.166 e. The Morgan fingerprint density at radius 2 is 1.68 bits per heavy atom. The number of rotatable bonds is 3. The van der Waals surface area contributed by atoms with Crippen LogP contribution in [0.25, 0.3) is 11.1 Å². The fourth-order valence-corrected chi connectivity index (χ4v) is 1.90. The summed E-state index contributed by atoms with van der Waals surface area (Å²) in [4.78, 5) is 0. The largest absolute Gasteiger partial charge is 0.395 e. The van der Waals surface area contributed by atoms with Gasteiger partial charge in [-0.15, -0.1) is 0 Å². The second kappa shape index (κ2) is 5.10. The van der Waals surface area contributed by atoms with Crippen molar-refractivity contribution >= 4 is 0 Å². The number of hydrogen-bond acceptors (Lipinski definition) is 1. The van der Waals surface area contributed by atoms with Gasteiger partial charge in [-0.05, 0) is 23.3 Å². The molecule has 0 spiro atoms. The van der Waals surface area contributed by atoms with E-state index in [4.69, 9.17) is 0 Å². The van der Waals surface area contributed by atoms with Crippen molar-refractivity contribution in [3.05, 3.63) is 59.7 Å². The van der Waals surface area contributed by atoms with E-state index in [-0.39, 0.29) is 12.2 Å². The minimum absolute atomic E-state index is 0.133. The van der Waals surface area contributed by atoms with E-state index in [0.29, 0.717) is 11.1 Å². The Kier molecular flexibility index (Phi) is 3.67. The molecule has 1 N–H and O–H groups in total. The van der Waals surface area contributed by atoms with E-state index < -0.39 is 17.0 Å². The van der Waals surface area contributed by atoms with E-state index in [0.717, 1.165) is 6.07 Å². The first kappa shape index (κ1) is 13.7. The Morgan fingerprint density at radius 3 is 2.26 bits per heavy atom. The van der Waals surface area contributed by atoms with Gasteiger partial charge >= 0.3 is 0 Å². The molecule has 0 saturated heterocycles. The number of halogens is 2. The van der Waals surface area contributed by atoms with Gasteiger partial charge in [-0.25, -0.2) is 8.78 Å². The van der Waals surface area contributed by atoms with E-state index >= 15 is 0 Å². The average Bonchev–Trinajstić information content (AvgIpc) is 2.42. The second-order valence-corrected chi connectivity index (χ2v) is 5.23. The monoisotopic (exact) mass is 262 g/mol. The van der Waals surface area contributed by atoms with Crippen LogP contribution in [-0.2, 0) is 5.41 Å². The Hall–Kier alpha value is -1.74. The summed E-state index contributed by atoms with van der Waals surface area (Å²) < 4.78 is 27.7. The van der Waals surface area contributed by atoms with Crippen LogP contribution >= 0.6 is 0 Å². The van der Waals surface area contributed by atoms with Crippen molar-refractivity contribution < 1.29 is 13.9 Å². The van der Waals surface area contributed by atoms with Crippen molar-refractivity contribution in [2.24, 2.45) is 0 Å². The molecule has 2 rings (SSSR count). The van der Waals surface area contributed by atoms with Crippen LogP contribution in [0.3, 0.4) is 0 Å². The summed E-state index contributed by atoms with van der Waals surface area (Å²) >= 11 is 0. The first-order valence-corrected chi connectivity index (χ1v) is 6.11. The third-order valence-electron chi connectivity index (χ3n) is 3.29. The van der Waals surface area contributed by atoms with Crippen LogP contribution in [0.2, 0.25) is 0 Å². The molecule has 100 valence electrons. The lowest BCUT2D eigenvalue weighted by Gasteiger charge is -2.23. The van der Waals surface area contributed by atoms with Crippen molar-refractivity contribution in [1.29, 1.82) is 0 Å². The van der Waals surface area contributed by atoms with Crippen molar-refractivity contribution in [2.75, 3.05) is 6.61 Å². The van der Waals surface area contributed by atoms with Crippen LogP contribution in [0, 0.1) is 11.6 Å². The minimum atomic E-state index is -0.891. The molecule has 0 aliphatic carbocycles. The fraction of sp³-hybridized carbons (Fsp3) is 0.250. The lowest BCUT2D eigenvalue weighted by Crippen LogP contribution is -2.22. The van der Waals surface area contributed by atoms with E-state index in [1.54, 1.807) is 44.2 Å². The Morgan fingerprint density at radius 1 is 1.05 bits per heavy atom. The maximum atomic E-state index is 13.9. The summed E-state index contributed by atoms with van der Waals surface area (Å²) in [7, 11) is 0. The van der Waals surface area contributed by atoms with E-state index in [2.05, 4.69) is 0 Å². The van der Waals surface area contributed by atoms with Gasteiger partial charge in [0.15, 0.2) is 11.6 Å². The summed E-state index contributed by atoms with van der Waals surface area (Å²) in [5.41, 5.74) is 0.803. The molecule has 0 bridgehead atoms. The lowest BCUT2D eigenvalue weighted by atomic mass is 9.84. The highest BCUT2D eigenvalue weighted by Crippen LogP contribution is 2.31. The van der Waals surface area contributed by atoms with Crippen LogP contribution in [0.5, 0.6) is 0 Å². The molecule has 0 atom stereocenters. The van der Waals surface area contributed by atoms with Crippen LogP contribution in [0.4, 0.5) is 8.78 Å². The van der Waals surface area contributed by atoms with Crippen LogP contribution in [0.1, 0.15) is 19.4 Å². The van der Waals surface area contributed by atoms with E-state index in [9.17, 15) is 13.9 Å². The molecule has 2 aromatic carbocycles. The van der Waals surface area contributed by atoms with Crippen LogP contribution in [0.15, 0.2) is 42.5 Å². The van der Waals surface area contributed by atoms with Gasteiger partial charge in [0, 0.05) is 11.0 Å². The normalized spacial score (nSPS) is 11.6.